The highest BCUT2D eigenvalue weighted by Gasteiger charge is 2.19. The smallest absolute Gasteiger partial charge is 0.253 e. The van der Waals surface area contributed by atoms with E-state index in [-0.39, 0.29) is 16.5 Å². The molecule has 0 aliphatic heterocycles. The zero-order valence-corrected chi connectivity index (χ0v) is 14.9. The molecule has 5 heteroatoms. The highest BCUT2D eigenvalue weighted by Crippen LogP contribution is 2.21. The molecule has 1 atom stereocenters. The Morgan fingerprint density at radius 2 is 1.56 bits per heavy atom. The van der Waals surface area contributed by atoms with E-state index < -0.39 is 15.7 Å². The van der Waals surface area contributed by atoms with E-state index in [1.807, 2.05) is 49.4 Å². The van der Waals surface area contributed by atoms with Crippen molar-refractivity contribution in [2.24, 2.45) is 0 Å². The minimum atomic E-state index is -3.47. The van der Waals surface area contributed by atoms with Crippen molar-refractivity contribution in [2.75, 3.05) is 6.26 Å². The molecule has 3 aromatic rings. The van der Waals surface area contributed by atoms with E-state index in [0.717, 1.165) is 22.6 Å². The van der Waals surface area contributed by atoms with Gasteiger partial charge in [-0.25, -0.2) is 8.42 Å². The summed E-state index contributed by atoms with van der Waals surface area (Å²) in [6.07, 6.45) is 1.10. The fourth-order valence-corrected chi connectivity index (χ4v) is 3.70. The second kappa shape index (κ2) is 6.69. The Hall–Kier alpha value is -2.66. The highest BCUT2D eigenvalue weighted by atomic mass is 32.2. The number of hydrogen-bond donors (Lipinski definition) is 1. The average molecular weight is 353 g/mol. The Labute approximate surface area is 147 Å². The number of rotatable bonds is 4. The third-order valence-electron chi connectivity index (χ3n) is 4.15. The molecule has 0 aromatic heterocycles. The predicted molar refractivity (Wildman–Crippen MR) is 99.4 cm³/mol. The lowest BCUT2D eigenvalue weighted by molar-refractivity contribution is 0.0936. The molecule has 1 amide bonds. The fraction of sp³-hybridized carbons (Fsp3) is 0.150. The van der Waals surface area contributed by atoms with Gasteiger partial charge in [-0.1, -0.05) is 48.5 Å². The third-order valence-corrected chi connectivity index (χ3v) is 5.31. The number of carbonyl (C=O) groups excluding carboxylic acids is 1. The molecule has 0 aliphatic carbocycles. The SMILES string of the molecule is CC(NC(=O)c1ccccc1S(C)(=O)=O)c1ccc2ccccc2c1. The Kier molecular flexibility index (Phi) is 4.59. The molecule has 1 N–H and O–H groups in total. The first kappa shape index (κ1) is 17.2. The van der Waals surface area contributed by atoms with Gasteiger partial charge in [-0.2, -0.15) is 0 Å². The van der Waals surface area contributed by atoms with Gasteiger partial charge in [-0.15, -0.1) is 0 Å². The fourth-order valence-electron chi connectivity index (χ4n) is 2.81. The first-order valence-corrected chi connectivity index (χ1v) is 9.84. The summed E-state index contributed by atoms with van der Waals surface area (Å²) >= 11 is 0. The van der Waals surface area contributed by atoms with Gasteiger partial charge >= 0.3 is 0 Å². The summed E-state index contributed by atoms with van der Waals surface area (Å²) in [6.45, 7) is 1.88. The molecule has 0 saturated heterocycles. The lowest BCUT2D eigenvalue weighted by Crippen LogP contribution is -2.28. The number of sulfone groups is 1. The monoisotopic (exact) mass is 353 g/mol. The second-order valence-electron chi connectivity index (χ2n) is 6.07. The van der Waals surface area contributed by atoms with Crippen LogP contribution in [-0.2, 0) is 9.84 Å². The third kappa shape index (κ3) is 3.72. The number of benzene rings is 3. The minimum absolute atomic E-state index is 0.0400. The summed E-state index contributed by atoms with van der Waals surface area (Å²) in [6, 6.07) is 20.0. The van der Waals surface area contributed by atoms with Crippen LogP contribution in [0.3, 0.4) is 0 Å². The van der Waals surface area contributed by atoms with Crippen molar-refractivity contribution in [2.45, 2.75) is 17.9 Å². The van der Waals surface area contributed by atoms with Gasteiger partial charge in [0.15, 0.2) is 9.84 Å². The molecule has 0 heterocycles. The Balaban J connectivity index is 1.88. The van der Waals surface area contributed by atoms with Gasteiger partial charge in [0.05, 0.1) is 16.5 Å². The minimum Gasteiger partial charge on any atom is -0.345 e. The normalized spacial score (nSPS) is 12.7. The van der Waals surface area contributed by atoms with E-state index in [1.54, 1.807) is 12.1 Å². The molecule has 3 rings (SSSR count). The van der Waals surface area contributed by atoms with Crippen molar-refractivity contribution in [3.63, 3.8) is 0 Å². The van der Waals surface area contributed by atoms with E-state index in [9.17, 15) is 13.2 Å². The van der Waals surface area contributed by atoms with Crippen LogP contribution in [0.15, 0.2) is 71.6 Å². The molecular formula is C20H19NO3S. The van der Waals surface area contributed by atoms with Crippen LogP contribution >= 0.6 is 0 Å². The molecule has 128 valence electrons. The topological polar surface area (TPSA) is 63.2 Å². The number of nitrogens with one attached hydrogen (secondary N) is 1. The van der Waals surface area contributed by atoms with Gasteiger partial charge in [0, 0.05) is 6.26 Å². The maximum atomic E-state index is 12.6. The molecule has 1 unspecified atom stereocenters. The zero-order chi connectivity index (χ0) is 18.0. The summed E-state index contributed by atoms with van der Waals surface area (Å²) in [5.74, 6) is -0.401. The number of amides is 1. The van der Waals surface area contributed by atoms with Crippen molar-refractivity contribution >= 4 is 26.5 Å². The Morgan fingerprint density at radius 3 is 2.28 bits per heavy atom. The lowest BCUT2D eigenvalue weighted by atomic mass is 10.0. The van der Waals surface area contributed by atoms with Crippen LogP contribution in [0.4, 0.5) is 0 Å². The van der Waals surface area contributed by atoms with Gasteiger partial charge in [-0.05, 0) is 41.5 Å². The Morgan fingerprint density at radius 1 is 0.920 bits per heavy atom. The van der Waals surface area contributed by atoms with Crippen LogP contribution in [0, 0.1) is 0 Å². The summed E-state index contributed by atoms with van der Waals surface area (Å²) in [5, 5.41) is 5.11. The van der Waals surface area contributed by atoms with Gasteiger partial charge in [0.25, 0.3) is 5.91 Å². The van der Waals surface area contributed by atoms with Crippen molar-refractivity contribution < 1.29 is 13.2 Å². The second-order valence-corrected chi connectivity index (χ2v) is 8.05. The summed E-state index contributed by atoms with van der Waals surface area (Å²) in [5.41, 5.74) is 1.13. The van der Waals surface area contributed by atoms with Gasteiger partial charge in [0.1, 0.15) is 0 Å². The van der Waals surface area contributed by atoms with Crippen LogP contribution in [-0.4, -0.2) is 20.6 Å². The van der Waals surface area contributed by atoms with E-state index in [4.69, 9.17) is 0 Å². The molecule has 0 saturated carbocycles. The summed E-state index contributed by atoms with van der Waals surface area (Å²) in [7, 11) is -3.47. The van der Waals surface area contributed by atoms with E-state index in [2.05, 4.69) is 5.32 Å². The van der Waals surface area contributed by atoms with Crippen molar-refractivity contribution in [1.29, 1.82) is 0 Å². The van der Waals surface area contributed by atoms with E-state index in [1.165, 1.54) is 12.1 Å². The lowest BCUT2D eigenvalue weighted by Gasteiger charge is -2.16. The quantitative estimate of drug-likeness (QED) is 0.777. The Bertz CT molecular complexity index is 1040. The number of fused-ring (bicyclic) bond motifs is 1. The molecule has 0 spiro atoms. The van der Waals surface area contributed by atoms with Crippen molar-refractivity contribution in [1.82, 2.24) is 5.32 Å². The van der Waals surface area contributed by atoms with E-state index >= 15 is 0 Å². The highest BCUT2D eigenvalue weighted by molar-refractivity contribution is 7.90. The molecule has 0 aliphatic rings. The van der Waals surface area contributed by atoms with Gasteiger partial charge in [-0.3, -0.25) is 4.79 Å². The molecule has 4 nitrogen and oxygen atoms in total. The van der Waals surface area contributed by atoms with Crippen LogP contribution in [0.2, 0.25) is 0 Å². The molecule has 0 radical (unpaired) electrons. The van der Waals surface area contributed by atoms with Crippen LogP contribution in [0.1, 0.15) is 28.9 Å². The van der Waals surface area contributed by atoms with Crippen LogP contribution in [0.25, 0.3) is 10.8 Å². The van der Waals surface area contributed by atoms with Crippen LogP contribution in [0.5, 0.6) is 0 Å². The molecule has 25 heavy (non-hydrogen) atoms. The summed E-state index contributed by atoms with van der Waals surface area (Å²) in [4.78, 5) is 12.6. The standard InChI is InChI=1S/C20H19NO3S/c1-14(16-12-11-15-7-3-4-8-17(15)13-16)21-20(22)18-9-5-6-10-19(18)25(2,23)24/h3-14H,1-2H3,(H,21,22). The summed E-state index contributed by atoms with van der Waals surface area (Å²) < 4.78 is 23.8. The molecule has 0 bridgehead atoms. The van der Waals surface area contributed by atoms with Gasteiger partial charge in [0.2, 0.25) is 0 Å². The molecule has 3 aromatic carbocycles. The first-order chi connectivity index (χ1) is 11.9. The predicted octanol–water partition coefficient (Wildman–Crippen LogP) is 3.73. The average Bonchev–Trinajstić information content (AvgIpc) is 2.60. The molecular weight excluding hydrogens is 334 g/mol. The van der Waals surface area contributed by atoms with Crippen molar-refractivity contribution in [3.05, 3.63) is 77.9 Å². The van der Waals surface area contributed by atoms with Crippen molar-refractivity contribution in [3.8, 4) is 0 Å². The van der Waals surface area contributed by atoms with Crippen LogP contribution < -0.4 is 5.32 Å². The molecule has 0 fully saturated rings. The maximum Gasteiger partial charge on any atom is 0.253 e. The number of carbonyl (C=O) groups is 1. The number of hydrogen-bond acceptors (Lipinski definition) is 3. The van der Waals surface area contributed by atoms with Gasteiger partial charge < -0.3 is 5.32 Å². The first-order valence-electron chi connectivity index (χ1n) is 7.95. The van der Waals surface area contributed by atoms with E-state index in [0.29, 0.717) is 0 Å². The largest absolute Gasteiger partial charge is 0.345 e. The zero-order valence-electron chi connectivity index (χ0n) is 14.1. The maximum absolute atomic E-state index is 12.6.